The summed E-state index contributed by atoms with van der Waals surface area (Å²) in [5, 5.41) is 9.75. The van der Waals surface area contributed by atoms with Crippen molar-refractivity contribution in [2.45, 2.75) is 12.0 Å². The van der Waals surface area contributed by atoms with Gasteiger partial charge < -0.3 is 19.9 Å². The first-order valence-corrected chi connectivity index (χ1v) is 9.02. The molecule has 2 unspecified atom stereocenters. The van der Waals surface area contributed by atoms with E-state index < -0.39 is 6.10 Å². The molecule has 6 nitrogen and oxygen atoms in total. The van der Waals surface area contributed by atoms with Crippen molar-refractivity contribution in [2.75, 3.05) is 14.2 Å². The lowest BCUT2D eigenvalue weighted by Gasteiger charge is -2.35. The van der Waals surface area contributed by atoms with Gasteiger partial charge in [-0.05, 0) is 45.3 Å². The summed E-state index contributed by atoms with van der Waals surface area (Å²) in [6, 6.07) is 5.97. The number of halogens is 1. The summed E-state index contributed by atoms with van der Waals surface area (Å²) in [5.74, 6) is 0.898. The van der Waals surface area contributed by atoms with E-state index in [9.17, 15) is 5.26 Å². The summed E-state index contributed by atoms with van der Waals surface area (Å²) in [4.78, 5) is 4.42. The van der Waals surface area contributed by atoms with Crippen LogP contribution in [0.1, 0.15) is 11.5 Å². The Labute approximate surface area is 165 Å². The quantitative estimate of drug-likeness (QED) is 0.800. The highest BCUT2D eigenvalue weighted by molar-refractivity contribution is 9.10. The molecule has 0 saturated carbocycles. The number of benzene rings is 1. The summed E-state index contributed by atoms with van der Waals surface area (Å²) < 4.78 is 17.5. The molecular weight excluding hydrogens is 410 g/mol. The van der Waals surface area contributed by atoms with Crippen molar-refractivity contribution in [1.82, 2.24) is 0 Å². The van der Waals surface area contributed by atoms with E-state index in [1.165, 1.54) is 0 Å². The molecule has 1 aliphatic carbocycles. The van der Waals surface area contributed by atoms with Crippen LogP contribution in [-0.2, 0) is 4.74 Å². The number of nitrogens with two attached hydrogens (primary N) is 1. The van der Waals surface area contributed by atoms with E-state index in [4.69, 9.17) is 19.9 Å². The molecule has 1 aromatic rings. The van der Waals surface area contributed by atoms with Gasteiger partial charge >= 0.3 is 0 Å². The molecule has 2 heterocycles. The van der Waals surface area contributed by atoms with Gasteiger partial charge in [-0.15, -0.1) is 0 Å². The predicted molar refractivity (Wildman–Crippen MR) is 104 cm³/mol. The lowest BCUT2D eigenvalue weighted by molar-refractivity contribution is 0.173. The van der Waals surface area contributed by atoms with Crippen molar-refractivity contribution in [3.8, 4) is 17.6 Å². The molecule has 4 rings (SSSR count). The molecule has 0 saturated heterocycles. The van der Waals surface area contributed by atoms with E-state index in [-0.39, 0.29) is 11.8 Å². The van der Waals surface area contributed by atoms with E-state index in [2.05, 4.69) is 27.0 Å². The topological polar surface area (TPSA) is 89.9 Å². The Balaban J connectivity index is 1.91. The fraction of sp³-hybridized carbons (Fsp3) is 0.200. The van der Waals surface area contributed by atoms with Crippen LogP contribution in [0.2, 0.25) is 0 Å². The van der Waals surface area contributed by atoms with E-state index in [0.29, 0.717) is 17.1 Å². The minimum absolute atomic E-state index is 0.117. The third-order valence-corrected chi connectivity index (χ3v) is 5.40. The standard InChI is InChI=1S/C20H16BrN3O3/c1-25-15-8-11(7-14(21)19(15)26-2)16-12-4-3-10-5-6-24-17(10)18(12)27-20(23)13(16)9-22/h3-8,16,18H,23H2,1-2H3. The van der Waals surface area contributed by atoms with E-state index in [1.54, 1.807) is 20.4 Å². The Hall–Kier alpha value is -2.98. The average molecular weight is 426 g/mol. The molecule has 136 valence electrons. The second-order valence-corrected chi connectivity index (χ2v) is 7.03. The Morgan fingerprint density at radius 1 is 1.26 bits per heavy atom. The van der Waals surface area contributed by atoms with Gasteiger partial charge in [0.1, 0.15) is 11.6 Å². The zero-order valence-electron chi connectivity index (χ0n) is 14.7. The number of allylic oxidation sites excluding steroid dienone is 4. The molecule has 3 aliphatic rings. The molecule has 0 bridgehead atoms. The Kier molecular flexibility index (Phi) is 4.28. The third kappa shape index (κ3) is 2.64. The highest BCUT2D eigenvalue weighted by atomic mass is 79.9. The normalized spacial score (nSPS) is 22.7. The van der Waals surface area contributed by atoms with Crippen molar-refractivity contribution in [2.24, 2.45) is 10.7 Å². The van der Waals surface area contributed by atoms with E-state index >= 15 is 0 Å². The fourth-order valence-electron chi connectivity index (χ4n) is 3.60. The summed E-state index contributed by atoms with van der Waals surface area (Å²) in [6.07, 6.45) is 7.20. The van der Waals surface area contributed by atoms with Crippen molar-refractivity contribution in [3.05, 3.63) is 69.2 Å². The first-order valence-electron chi connectivity index (χ1n) is 8.23. The Morgan fingerprint density at radius 2 is 2.07 bits per heavy atom. The van der Waals surface area contributed by atoms with Gasteiger partial charge in [-0.3, -0.25) is 4.99 Å². The first-order chi connectivity index (χ1) is 13.1. The molecule has 0 spiro atoms. The van der Waals surface area contributed by atoms with Gasteiger partial charge in [-0.1, -0.05) is 12.2 Å². The van der Waals surface area contributed by atoms with Gasteiger partial charge in [0.05, 0.1) is 24.4 Å². The minimum Gasteiger partial charge on any atom is -0.493 e. The maximum atomic E-state index is 9.75. The molecule has 0 fully saturated rings. The van der Waals surface area contributed by atoms with Gasteiger partial charge in [-0.25, -0.2) is 0 Å². The van der Waals surface area contributed by atoms with Gasteiger partial charge in [0, 0.05) is 17.7 Å². The average Bonchev–Trinajstić information content (AvgIpc) is 3.15. The second kappa shape index (κ2) is 6.63. The van der Waals surface area contributed by atoms with Gasteiger partial charge in [0.15, 0.2) is 23.5 Å². The Morgan fingerprint density at radius 3 is 2.78 bits per heavy atom. The highest BCUT2D eigenvalue weighted by Gasteiger charge is 2.41. The molecule has 7 heteroatoms. The Bertz CT molecular complexity index is 1030. The molecule has 0 amide bonds. The zero-order chi connectivity index (χ0) is 19.1. The maximum absolute atomic E-state index is 9.75. The molecule has 2 aliphatic heterocycles. The van der Waals surface area contributed by atoms with Gasteiger partial charge in [0.25, 0.3) is 0 Å². The van der Waals surface area contributed by atoms with Crippen molar-refractivity contribution in [3.63, 3.8) is 0 Å². The van der Waals surface area contributed by atoms with Gasteiger partial charge in [-0.2, -0.15) is 5.26 Å². The van der Waals surface area contributed by atoms with E-state index in [0.717, 1.165) is 26.9 Å². The minimum atomic E-state index is -0.422. The van der Waals surface area contributed by atoms with Crippen molar-refractivity contribution in [1.29, 1.82) is 5.26 Å². The smallest absolute Gasteiger partial charge is 0.200 e. The number of ether oxygens (including phenoxy) is 3. The third-order valence-electron chi connectivity index (χ3n) is 4.81. The lowest BCUT2D eigenvalue weighted by atomic mass is 9.77. The zero-order valence-corrected chi connectivity index (χ0v) is 16.3. The molecule has 0 aromatic heterocycles. The van der Waals surface area contributed by atoms with Crippen LogP contribution >= 0.6 is 15.9 Å². The van der Waals surface area contributed by atoms with Crippen LogP contribution in [0.15, 0.2) is 68.6 Å². The van der Waals surface area contributed by atoms with Crippen LogP contribution in [0, 0.1) is 11.3 Å². The number of aliphatic imine (C=N–C) groups is 1. The highest BCUT2D eigenvalue weighted by Crippen LogP contribution is 2.46. The molecular formula is C20H16BrN3O3. The largest absolute Gasteiger partial charge is 0.493 e. The number of hydrogen-bond donors (Lipinski definition) is 1. The second-order valence-electron chi connectivity index (χ2n) is 6.18. The predicted octanol–water partition coefficient (Wildman–Crippen LogP) is 3.48. The molecule has 2 atom stereocenters. The molecule has 1 aromatic carbocycles. The summed E-state index contributed by atoms with van der Waals surface area (Å²) in [6.45, 7) is 0. The van der Waals surface area contributed by atoms with Crippen molar-refractivity contribution >= 4 is 21.6 Å². The summed E-state index contributed by atoms with van der Waals surface area (Å²) >= 11 is 3.52. The number of nitrogens with zero attached hydrogens (tertiary/aromatic N) is 2. The van der Waals surface area contributed by atoms with Crippen LogP contribution in [0.4, 0.5) is 0 Å². The monoisotopic (exact) mass is 425 g/mol. The number of rotatable bonds is 3. The summed E-state index contributed by atoms with van der Waals surface area (Å²) in [5.41, 5.74) is 10.0. The lowest BCUT2D eigenvalue weighted by Crippen LogP contribution is -2.37. The number of methoxy groups -OCH3 is 2. The van der Waals surface area contributed by atoms with Crippen LogP contribution in [0.25, 0.3) is 0 Å². The molecule has 27 heavy (non-hydrogen) atoms. The molecule has 0 radical (unpaired) electrons. The SMILES string of the molecule is COc1cc(C2C3=CC=C4C=CN=C4C3OC(N)=C2C#N)cc(Br)c1OC. The van der Waals surface area contributed by atoms with Crippen LogP contribution in [-0.4, -0.2) is 26.0 Å². The first kappa shape index (κ1) is 17.4. The fourth-order valence-corrected chi connectivity index (χ4v) is 4.22. The van der Waals surface area contributed by atoms with E-state index in [1.807, 2.05) is 30.4 Å². The van der Waals surface area contributed by atoms with Crippen LogP contribution in [0.3, 0.4) is 0 Å². The maximum Gasteiger partial charge on any atom is 0.200 e. The number of fused-ring (bicyclic) bond motifs is 3. The molecule has 2 N–H and O–H groups in total. The number of hydrogen-bond acceptors (Lipinski definition) is 6. The van der Waals surface area contributed by atoms with Gasteiger partial charge in [0.2, 0.25) is 0 Å². The number of nitriles is 1. The van der Waals surface area contributed by atoms with Crippen LogP contribution in [0.5, 0.6) is 11.5 Å². The van der Waals surface area contributed by atoms with Crippen LogP contribution < -0.4 is 15.2 Å². The summed E-state index contributed by atoms with van der Waals surface area (Å²) in [7, 11) is 3.15. The van der Waals surface area contributed by atoms with Crippen molar-refractivity contribution < 1.29 is 14.2 Å².